The molecule has 3 aromatic rings. The third-order valence-electron chi connectivity index (χ3n) is 4.98. The summed E-state index contributed by atoms with van der Waals surface area (Å²) < 4.78 is 5.82. The first-order valence-electron chi connectivity index (χ1n) is 9.63. The quantitative estimate of drug-likeness (QED) is 0.610. The monoisotopic (exact) mass is 415 g/mol. The number of benzene rings is 3. The standard InChI is InChI=1S/C24H21N3O2S/c1-30-21-8-5-17(6-9-21)16-26-24(28)19-7-10-22-23(14-19)29-12-11-27(22)20-4-2-3-18(13-20)15-25/h2-10,13-14H,11-12,16H2,1H3,(H,26,28). The molecular formula is C24H21N3O2S. The topological polar surface area (TPSA) is 65.4 Å². The largest absolute Gasteiger partial charge is 0.490 e. The molecule has 0 radical (unpaired) electrons. The molecule has 1 N–H and O–H groups in total. The van der Waals surface area contributed by atoms with E-state index in [-0.39, 0.29) is 5.91 Å². The van der Waals surface area contributed by atoms with Gasteiger partial charge in [-0.2, -0.15) is 5.26 Å². The second-order valence-electron chi connectivity index (χ2n) is 6.88. The van der Waals surface area contributed by atoms with Crippen LogP contribution in [0.2, 0.25) is 0 Å². The number of hydrogen-bond acceptors (Lipinski definition) is 5. The minimum absolute atomic E-state index is 0.140. The van der Waals surface area contributed by atoms with Crippen LogP contribution in [-0.2, 0) is 6.54 Å². The van der Waals surface area contributed by atoms with Crippen LogP contribution in [-0.4, -0.2) is 25.3 Å². The van der Waals surface area contributed by atoms with E-state index in [9.17, 15) is 10.1 Å². The first kappa shape index (κ1) is 19.9. The van der Waals surface area contributed by atoms with Crippen LogP contribution in [0.5, 0.6) is 5.75 Å². The highest BCUT2D eigenvalue weighted by molar-refractivity contribution is 7.98. The summed E-state index contributed by atoms with van der Waals surface area (Å²) in [4.78, 5) is 15.9. The first-order valence-corrected chi connectivity index (χ1v) is 10.9. The Kier molecular flexibility index (Phi) is 5.92. The fourth-order valence-corrected chi connectivity index (χ4v) is 3.81. The fourth-order valence-electron chi connectivity index (χ4n) is 3.40. The predicted octanol–water partition coefficient (Wildman–Crippen LogP) is 4.74. The maximum atomic E-state index is 12.6. The van der Waals surface area contributed by atoms with Gasteiger partial charge in [0, 0.05) is 22.7 Å². The van der Waals surface area contributed by atoms with Crippen LogP contribution in [0.25, 0.3) is 0 Å². The number of fused-ring (bicyclic) bond motifs is 1. The van der Waals surface area contributed by atoms with Gasteiger partial charge in [-0.3, -0.25) is 4.79 Å². The van der Waals surface area contributed by atoms with Crippen molar-refractivity contribution in [3.05, 3.63) is 83.4 Å². The number of carbonyl (C=O) groups is 1. The molecule has 1 heterocycles. The van der Waals surface area contributed by atoms with E-state index in [1.54, 1.807) is 30.0 Å². The van der Waals surface area contributed by atoms with Gasteiger partial charge in [-0.1, -0.05) is 18.2 Å². The molecular weight excluding hydrogens is 394 g/mol. The van der Waals surface area contributed by atoms with E-state index in [0.717, 1.165) is 16.9 Å². The van der Waals surface area contributed by atoms with E-state index < -0.39 is 0 Å². The van der Waals surface area contributed by atoms with Crippen molar-refractivity contribution in [1.29, 1.82) is 5.26 Å². The van der Waals surface area contributed by atoms with Crippen molar-refractivity contribution in [2.75, 3.05) is 24.3 Å². The molecule has 0 spiro atoms. The zero-order chi connectivity index (χ0) is 20.9. The molecule has 0 bridgehead atoms. The minimum Gasteiger partial charge on any atom is -0.490 e. The molecule has 150 valence electrons. The number of nitrogens with one attached hydrogen (secondary N) is 1. The third-order valence-corrected chi connectivity index (χ3v) is 5.73. The Hall–Kier alpha value is -3.43. The summed E-state index contributed by atoms with van der Waals surface area (Å²) in [5, 5.41) is 12.1. The molecule has 0 atom stereocenters. The molecule has 1 aliphatic heterocycles. The number of anilines is 2. The lowest BCUT2D eigenvalue weighted by Crippen LogP contribution is -2.29. The Bertz CT molecular complexity index is 1110. The van der Waals surface area contributed by atoms with Gasteiger partial charge in [0.2, 0.25) is 0 Å². The molecule has 0 saturated heterocycles. The smallest absolute Gasteiger partial charge is 0.251 e. The van der Waals surface area contributed by atoms with Crippen LogP contribution in [0.15, 0.2) is 71.6 Å². The Morgan fingerprint density at radius 1 is 1.17 bits per heavy atom. The summed E-state index contributed by atoms with van der Waals surface area (Å²) in [7, 11) is 0. The number of nitriles is 1. The Morgan fingerprint density at radius 3 is 2.77 bits per heavy atom. The third kappa shape index (κ3) is 4.27. The van der Waals surface area contributed by atoms with E-state index in [1.807, 2.05) is 42.7 Å². The first-order chi connectivity index (χ1) is 14.7. The molecule has 0 saturated carbocycles. The van der Waals surface area contributed by atoms with Crippen molar-refractivity contribution in [3.8, 4) is 11.8 Å². The van der Waals surface area contributed by atoms with E-state index in [4.69, 9.17) is 4.74 Å². The van der Waals surface area contributed by atoms with Crippen LogP contribution in [0.3, 0.4) is 0 Å². The molecule has 0 fully saturated rings. The summed E-state index contributed by atoms with van der Waals surface area (Å²) in [5.41, 5.74) is 4.05. The molecule has 3 aromatic carbocycles. The van der Waals surface area contributed by atoms with Gasteiger partial charge < -0.3 is 15.0 Å². The number of nitrogens with zero attached hydrogens (tertiary/aromatic N) is 2. The number of hydrogen-bond donors (Lipinski definition) is 1. The van der Waals surface area contributed by atoms with Crippen molar-refractivity contribution in [2.24, 2.45) is 0 Å². The normalized spacial score (nSPS) is 12.5. The predicted molar refractivity (Wildman–Crippen MR) is 119 cm³/mol. The van der Waals surface area contributed by atoms with Crippen molar-refractivity contribution in [3.63, 3.8) is 0 Å². The Labute approximate surface area is 180 Å². The second-order valence-corrected chi connectivity index (χ2v) is 7.76. The van der Waals surface area contributed by atoms with Crippen molar-refractivity contribution >= 4 is 29.0 Å². The summed E-state index contributed by atoms with van der Waals surface area (Å²) in [6.45, 7) is 1.66. The highest BCUT2D eigenvalue weighted by Crippen LogP contribution is 2.37. The SMILES string of the molecule is CSc1ccc(CNC(=O)c2ccc3c(c2)OCCN3c2cccc(C#N)c2)cc1. The number of ether oxygens (including phenoxy) is 1. The van der Waals surface area contributed by atoms with Gasteiger partial charge in [0.25, 0.3) is 5.91 Å². The van der Waals surface area contributed by atoms with Crippen molar-refractivity contribution in [1.82, 2.24) is 5.32 Å². The zero-order valence-corrected chi connectivity index (χ0v) is 17.4. The average molecular weight is 416 g/mol. The van der Waals surface area contributed by atoms with Crippen LogP contribution < -0.4 is 15.0 Å². The van der Waals surface area contributed by atoms with Gasteiger partial charge in [-0.25, -0.2) is 0 Å². The lowest BCUT2D eigenvalue weighted by molar-refractivity contribution is 0.0950. The van der Waals surface area contributed by atoms with E-state index in [1.165, 1.54) is 4.90 Å². The fraction of sp³-hybridized carbons (Fsp3) is 0.167. The van der Waals surface area contributed by atoms with Crippen LogP contribution in [0.1, 0.15) is 21.5 Å². The lowest BCUT2D eigenvalue weighted by Gasteiger charge is -2.31. The molecule has 1 amide bonds. The number of rotatable bonds is 5. The van der Waals surface area contributed by atoms with E-state index in [0.29, 0.717) is 36.6 Å². The second kappa shape index (κ2) is 8.93. The molecule has 0 aromatic heterocycles. The number of thioether (sulfide) groups is 1. The lowest BCUT2D eigenvalue weighted by atomic mass is 10.1. The van der Waals surface area contributed by atoms with Crippen LogP contribution >= 0.6 is 11.8 Å². The zero-order valence-electron chi connectivity index (χ0n) is 16.6. The number of carbonyl (C=O) groups excluding carboxylic acids is 1. The summed E-state index contributed by atoms with van der Waals surface area (Å²) in [6.07, 6.45) is 2.04. The molecule has 4 rings (SSSR count). The Balaban J connectivity index is 1.50. The molecule has 1 aliphatic rings. The highest BCUT2D eigenvalue weighted by atomic mass is 32.2. The van der Waals surface area contributed by atoms with Crippen LogP contribution in [0.4, 0.5) is 11.4 Å². The summed E-state index contributed by atoms with van der Waals surface area (Å²) >= 11 is 1.69. The van der Waals surface area contributed by atoms with E-state index >= 15 is 0 Å². The van der Waals surface area contributed by atoms with E-state index in [2.05, 4.69) is 28.4 Å². The summed E-state index contributed by atoms with van der Waals surface area (Å²) in [5.74, 6) is 0.527. The highest BCUT2D eigenvalue weighted by Gasteiger charge is 2.21. The van der Waals surface area contributed by atoms with Gasteiger partial charge in [-0.05, 0) is 60.4 Å². The maximum Gasteiger partial charge on any atom is 0.251 e. The number of amides is 1. The van der Waals surface area contributed by atoms with Crippen molar-refractivity contribution < 1.29 is 9.53 Å². The average Bonchev–Trinajstić information content (AvgIpc) is 2.82. The maximum absolute atomic E-state index is 12.6. The van der Waals surface area contributed by atoms with Gasteiger partial charge in [-0.15, -0.1) is 11.8 Å². The van der Waals surface area contributed by atoms with Crippen molar-refractivity contribution in [2.45, 2.75) is 11.4 Å². The van der Waals surface area contributed by atoms with Gasteiger partial charge in [0.15, 0.2) is 0 Å². The van der Waals surface area contributed by atoms with Gasteiger partial charge in [0.1, 0.15) is 12.4 Å². The molecule has 0 unspecified atom stereocenters. The minimum atomic E-state index is -0.140. The van der Waals surface area contributed by atoms with Gasteiger partial charge in [0.05, 0.1) is 23.9 Å². The molecule has 0 aliphatic carbocycles. The Morgan fingerprint density at radius 2 is 2.00 bits per heavy atom. The molecule has 5 nitrogen and oxygen atoms in total. The van der Waals surface area contributed by atoms with Gasteiger partial charge >= 0.3 is 0 Å². The van der Waals surface area contributed by atoms with Crippen LogP contribution in [0, 0.1) is 11.3 Å². The summed E-state index contributed by atoms with van der Waals surface area (Å²) in [6, 6.07) is 23.3. The molecule has 30 heavy (non-hydrogen) atoms. The molecule has 6 heteroatoms.